The standard InChI is InChI=1S/C18H28N2S/c1-5-6-9-12-18(3,4)13-19-14(2)17-20-15-10-7-8-11-16(15)21-17/h7-8,10-11,14,19H,5-6,9,12-13H2,1-4H3. The Morgan fingerprint density at radius 2 is 2.00 bits per heavy atom. The summed E-state index contributed by atoms with van der Waals surface area (Å²) in [5.41, 5.74) is 1.48. The average molecular weight is 305 g/mol. The maximum absolute atomic E-state index is 4.74. The lowest BCUT2D eigenvalue weighted by Crippen LogP contribution is -2.31. The largest absolute Gasteiger partial charge is 0.308 e. The topological polar surface area (TPSA) is 24.9 Å². The number of aromatic nitrogens is 1. The minimum Gasteiger partial charge on any atom is -0.308 e. The minimum absolute atomic E-state index is 0.327. The molecule has 0 radical (unpaired) electrons. The average Bonchev–Trinajstić information content (AvgIpc) is 2.89. The maximum Gasteiger partial charge on any atom is 0.111 e. The summed E-state index contributed by atoms with van der Waals surface area (Å²) in [6.07, 6.45) is 5.27. The van der Waals surface area contributed by atoms with Crippen molar-refractivity contribution in [3.05, 3.63) is 29.3 Å². The molecule has 0 saturated carbocycles. The van der Waals surface area contributed by atoms with Gasteiger partial charge in [-0.1, -0.05) is 52.2 Å². The van der Waals surface area contributed by atoms with Crippen LogP contribution in [0.5, 0.6) is 0 Å². The summed E-state index contributed by atoms with van der Waals surface area (Å²) in [5, 5.41) is 4.87. The lowest BCUT2D eigenvalue weighted by Gasteiger charge is -2.26. The molecule has 0 amide bonds. The zero-order valence-electron chi connectivity index (χ0n) is 13.8. The quantitative estimate of drug-likeness (QED) is 0.646. The summed E-state index contributed by atoms with van der Waals surface area (Å²) in [6.45, 7) is 10.3. The Morgan fingerprint density at radius 3 is 2.71 bits per heavy atom. The van der Waals surface area contributed by atoms with Crippen LogP contribution in [0.4, 0.5) is 0 Å². The first-order valence-corrected chi connectivity index (χ1v) is 8.92. The smallest absolute Gasteiger partial charge is 0.111 e. The van der Waals surface area contributed by atoms with Gasteiger partial charge in [0, 0.05) is 6.54 Å². The van der Waals surface area contributed by atoms with Crippen molar-refractivity contribution in [2.75, 3.05) is 6.54 Å². The lowest BCUT2D eigenvalue weighted by molar-refractivity contribution is 0.291. The van der Waals surface area contributed by atoms with Gasteiger partial charge < -0.3 is 5.32 Å². The normalized spacial score (nSPS) is 13.7. The first kappa shape index (κ1) is 16.4. The molecule has 1 unspecified atom stereocenters. The molecule has 0 spiro atoms. The Balaban J connectivity index is 1.90. The summed E-state index contributed by atoms with van der Waals surface area (Å²) in [7, 11) is 0. The molecule has 2 aromatic rings. The van der Waals surface area contributed by atoms with Crippen molar-refractivity contribution >= 4 is 21.6 Å². The summed E-state index contributed by atoms with van der Waals surface area (Å²) in [6, 6.07) is 8.71. The van der Waals surface area contributed by atoms with Gasteiger partial charge >= 0.3 is 0 Å². The zero-order valence-corrected chi connectivity index (χ0v) is 14.6. The van der Waals surface area contributed by atoms with E-state index in [1.807, 2.05) is 0 Å². The second-order valence-corrected chi connectivity index (χ2v) is 7.81. The molecule has 2 nitrogen and oxygen atoms in total. The van der Waals surface area contributed by atoms with E-state index in [2.05, 4.69) is 57.3 Å². The van der Waals surface area contributed by atoms with Crippen molar-refractivity contribution in [1.82, 2.24) is 10.3 Å². The van der Waals surface area contributed by atoms with Crippen LogP contribution in [-0.4, -0.2) is 11.5 Å². The molecule has 0 bridgehead atoms. The fraction of sp³-hybridized carbons (Fsp3) is 0.611. The molecule has 1 atom stereocenters. The van der Waals surface area contributed by atoms with Crippen LogP contribution in [0.3, 0.4) is 0 Å². The first-order valence-electron chi connectivity index (χ1n) is 8.11. The van der Waals surface area contributed by atoms with E-state index in [1.54, 1.807) is 11.3 Å². The predicted molar refractivity (Wildman–Crippen MR) is 94.0 cm³/mol. The van der Waals surface area contributed by atoms with E-state index in [0.717, 1.165) is 12.1 Å². The number of benzene rings is 1. The van der Waals surface area contributed by atoms with Crippen molar-refractivity contribution in [2.45, 2.75) is 59.4 Å². The second kappa shape index (κ2) is 7.37. The molecule has 3 heteroatoms. The highest BCUT2D eigenvalue weighted by Gasteiger charge is 2.19. The summed E-state index contributed by atoms with van der Waals surface area (Å²) in [4.78, 5) is 4.74. The third-order valence-electron chi connectivity index (χ3n) is 4.02. The van der Waals surface area contributed by atoms with Crippen LogP contribution in [0.25, 0.3) is 10.2 Å². The molecule has 1 heterocycles. The first-order chi connectivity index (χ1) is 10.0. The van der Waals surface area contributed by atoms with Crippen molar-refractivity contribution in [2.24, 2.45) is 5.41 Å². The highest BCUT2D eigenvalue weighted by molar-refractivity contribution is 7.18. The lowest BCUT2D eigenvalue weighted by atomic mass is 9.86. The van der Waals surface area contributed by atoms with E-state index in [1.165, 1.54) is 35.4 Å². The third-order valence-corrected chi connectivity index (χ3v) is 5.24. The Morgan fingerprint density at radius 1 is 1.24 bits per heavy atom. The molecular weight excluding hydrogens is 276 g/mol. The van der Waals surface area contributed by atoms with Gasteiger partial charge in [0.05, 0.1) is 16.3 Å². The third kappa shape index (κ3) is 4.79. The molecule has 1 N–H and O–H groups in total. The summed E-state index contributed by atoms with van der Waals surface area (Å²) < 4.78 is 1.28. The van der Waals surface area contributed by atoms with Gasteiger partial charge in [0.1, 0.15) is 5.01 Å². The van der Waals surface area contributed by atoms with Crippen LogP contribution in [0.2, 0.25) is 0 Å². The maximum atomic E-state index is 4.74. The molecule has 1 aromatic carbocycles. The number of rotatable bonds is 8. The predicted octanol–water partition coefficient (Wildman–Crippen LogP) is 5.55. The molecule has 2 rings (SSSR count). The zero-order chi connectivity index (χ0) is 15.3. The van der Waals surface area contributed by atoms with Crippen LogP contribution < -0.4 is 5.32 Å². The van der Waals surface area contributed by atoms with Crippen LogP contribution in [0.1, 0.15) is 64.4 Å². The van der Waals surface area contributed by atoms with E-state index in [4.69, 9.17) is 4.98 Å². The van der Waals surface area contributed by atoms with E-state index in [9.17, 15) is 0 Å². The summed E-state index contributed by atoms with van der Waals surface area (Å²) >= 11 is 1.80. The SMILES string of the molecule is CCCCCC(C)(C)CNC(C)c1nc2ccccc2s1. The van der Waals surface area contributed by atoms with Crippen molar-refractivity contribution in [1.29, 1.82) is 0 Å². The van der Waals surface area contributed by atoms with Gasteiger partial charge in [0.25, 0.3) is 0 Å². The summed E-state index contributed by atoms with van der Waals surface area (Å²) in [5.74, 6) is 0. The molecule has 0 aliphatic heterocycles. The fourth-order valence-corrected chi connectivity index (χ4v) is 3.53. The monoisotopic (exact) mass is 304 g/mol. The molecule has 0 fully saturated rings. The number of nitrogens with one attached hydrogen (secondary N) is 1. The molecule has 116 valence electrons. The van der Waals surface area contributed by atoms with E-state index in [-0.39, 0.29) is 0 Å². The second-order valence-electron chi connectivity index (χ2n) is 6.74. The molecule has 0 saturated heterocycles. The Hall–Kier alpha value is -0.930. The number of fused-ring (bicyclic) bond motifs is 1. The van der Waals surface area contributed by atoms with Crippen molar-refractivity contribution < 1.29 is 0 Å². The number of para-hydroxylation sites is 1. The number of hydrogen-bond acceptors (Lipinski definition) is 3. The number of thiazole rings is 1. The van der Waals surface area contributed by atoms with Gasteiger partial charge in [-0.2, -0.15) is 0 Å². The van der Waals surface area contributed by atoms with E-state index < -0.39 is 0 Å². The van der Waals surface area contributed by atoms with E-state index in [0.29, 0.717) is 11.5 Å². The van der Waals surface area contributed by atoms with Gasteiger partial charge in [-0.05, 0) is 30.9 Å². The van der Waals surface area contributed by atoms with Crippen LogP contribution in [-0.2, 0) is 0 Å². The van der Waals surface area contributed by atoms with Crippen molar-refractivity contribution in [3.8, 4) is 0 Å². The highest BCUT2D eigenvalue weighted by atomic mass is 32.1. The van der Waals surface area contributed by atoms with Gasteiger partial charge in [-0.15, -0.1) is 11.3 Å². The fourth-order valence-electron chi connectivity index (χ4n) is 2.53. The Bertz CT molecular complexity index is 526. The molecule has 1 aromatic heterocycles. The minimum atomic E-state index is 0.327. The van der Waals surface area contributed by atoms with E-state index >= 15 is 0 Å². The molecule has 0 aliphatic carbocycles. The molecular formula is C18H28N2S. The van der Waals surface area contributed by atoms with Crippen LogP contribution >= 0.6 is 11.3 Å². The number of hydrogen-bond donors (Lipinski definition) is 1. The van der Waals surface area contributed by atoms with Crippen molar-refractivity contribution in [3.63, 3.8) is 0 Å². The molecule has 21 heavy (non-hydrogen) atoms. The Labute approximate surface area is 133 Å². The Kier molecular flexibility index (Phi) is 5.77. The number of unbranched alkanes of at least 4 members (excludes halogenated alkanes) is 2. The highest BCUT2D eigenvalue weighted by Crippen LogP contribution is 2.28. The van der Waals surface area contributed by atoms with Gasteiger partial charge in [-0.25, -0.2) is 4.98 Å². The van der Waals surface area contributed by atoms with Crippen LogP contribution in [0.15, 0.2) is 24.3 Å². The number of nitrogens with zero attached hydrogens (tertiary/aromatic N) is 1. The van der Waals surface area contributed by atoms with Gasteiger partial charge in [0.2, 0.25) is 0 Å². The van der Waals surface area contributed by atoms with Crippen LogP contribution in [0, 0.1) is 5.41 Å². The van der Waals surface area contributed by atoms with Gasteiger partial charge in [0.15, 0.2) is 0 Å². The molecule has 0 aliphatic rings. The van der Waals surface area contributed by atoms with Gasteiger partial charge in [-0.3, -0.25) is 0 Å².